The average Bonchev–Trinajstić information content (AvgIpc) is 3.56. The highest BCUT2D eigenvalue weighted by molar-refractivity contribution is 5.91. The number of aliphatic hydroxyl groups is 2. The summed E-state index contributed by atoms with van der Waals surface area (Å²) < 4.78 is 5.65. The maximum Gasteiger partial charge on any atom is 0.295 e. The van der Waals surface area contributed by atoms with Gasteiger partial charge in [0, 0.05) is 56.9 Å². The van der Waals surface area contributed by atoms with Crippen molar-refractivity contribution < 1.29 is 19.5 Å². The molecule has 3 unspecified atom stereocenters. The first-order valence-electron chi connectivity index (χ1n) is 13.6. The number of aliphatic hydroxyl groups excluding tert-OH is 1. The number of pyridine rings is 1. The van der Waals surface area contributed by atoms with Gasteiger partial charge in [0.25, 0.3) is 17.6 Å². The Labute approximate surface area is 215 Å². The highest BCUT2D eigenvalue weighted by atomic mass is 16.5. The van der Waals surface area contributed by atoms with Gasteiger partial charge in [-0.2, -0.15) is 4.98 Å². The van der Waals surface area contributed by atoms with E-state index in [-0.39, 0.29) is 24.4 Å². The van der Waals surface area contributed by atoms with Gasteiger partial charge in [-0.15, -0.1) is 0 Å². The molecule has 4 saturated carbocycles. The first-order valence-corrected chi connectivity index (χ1v) is 13.6. The molecule has 1 amide bonds. The van der Waals surface area contributed by atoms with Gasteiger partial charge in [0.1, 0.15) is 0 Å². The number of nitrogens with one attached hydrogen (secondary N) is 1. The standard InChI is InChI=1S/C27H34N6O4/c34-9-8-32-4-6-33(7-5-32)26(35)24-30-25(37-31-24)20-15-28-21-3-1-2-19(21)23(20)29-22-17-10-16-11-18(22)14-27(36,12-16)13-17/h1-2,15-18,22,34,36H,3-14H2,(H,28,29)/t16?,17-,18+,22?,27?. The van der Waals surface area contributed by atoms with Crippen LogP contribution in [0.4, 0.5) is 5.69 Å². The van der Waals surface area contributed by atoms with Gasteiger partial charge in [0.05, 0.1) is 29.2 Å². The third-order valence-corrected chi connectivity index (χ3v) is 9.27. The molecule has 10 nitrogen and oxygen atoms in total. The molecule has 196 valence electrons. The third-order valence-electron chi connectivity index (χ3n) is 9.27. The van der Waals surface area contributed by atoms with E-state index in [9.17, 15) is 9.90 Å². The average molecular weight is 507 g/mol. The van der Waals surface area contributed by atoms with Crippen LogP contribution in [0.15, 0.2) is 16.8 Å². The number of carbonyl (C=O) groups excluding carboxylic acids is 1. The Balaban J connectivity index is 1.15. The van der Waals surface area contributed by atoms with E-state index in [1.807, 2.05) is 0 Å². The Hall–Kier alpha value is -2.82. The van der Waals surface area contributed by atoms with Crippen molar-refractivity contribution in [3.63, 3.8) is 0 Å². The molecule has 10 heteroatoms. The molecule has 0 radical (unpaired) electrons. The molecule has 5 atom stereocenters. The zero-order valence-corrected chi connectivity index (χ0v) is 21.0. The number of anilines is 1. The van der Waals surface area contributed by atoms with E-state index in [0.717, 1.165) is 48.2 Å². The molecule has 1 aliphatic heterocycles. The molecule has 37 heavy (non-hydrogen) atoms. The van der Waals surface area contributed by atoms with Gasteiger partial charge in [0.15, 0.2) is 0 Å². The van der Waals surface area contributed by atoms with Gasteiger partial charge in [-0.25, -0.2) is 0 Å². The summed E-state index contributed by atoms with van der Waals surface area (Å²) in [6, 6.07) is 0.287. The van der Waals surface area contributed by atoms with Crippen LogP contribution >= 0.6 is 0 Å². The summed E-state index contributed by atoms with van der Waals surface area (Å²) in [5.74, 6) is 1.65. The van der Waals surface area contributed by atoms with Gasteiger partial charge >= 0.3 is 0 Å². The first kappa shape index (κ1) is 23.3. The number of allylic oxidation sites excluding steroid dienone is 1. The first-order chi connectivity index (χ1) is 18.0. The molecular weight excluding hydrogens is 472 g/mol. The summed E-state index contributed by atoms with van der Waals surface area (Å²) in [5.41, 5.74) is 3.25. The summed E-state index contributed by atoms with van der Waals surface area (Å²) in [6.45, 7) is 3.30. The van der Waals surface area contributed by atoms with E-state index in [1.165, 1.54) is 12.8 Å². The van der Waals surface area contributed by atoms with Crippen molar-refractivity contribution in [1.29, 1.82) is 0 Å². The Bertz CT molecular complexity index is 1220. The molecule has 4 bridgehead atoms. The molecule has 0 aromatic carbocycles. The van der Waals surface area contributed by atoms with E-state index < -0.39 is 5.60 Å². The van der Waals surface area contributed by atoms with Crippen molar-refractivity contribution in [3.8, 4) is 11.5 Å². The number of hydrogen-bond acceptors (Lipinski definition) is 9. The fraction of sp³-hybridized carbons (Fsp3) is 0.630. The fourth-order valence-electron chi connectivity index (χ4n) is 7.78. The molecular formula is C27H34N6O4. The third kappa shape index (κ3) is 4.06. The second-order valence-electron chi connectivity index (χ2n) is 11.7. The van der Waals surface area contributed by atoms with Gasteiger partial charge in [0.2, 0.25) is 0 Å². The highest BCUT2D eigenvalue weighted by Crippen LogP contribution is 2.56. The topological polar surface area (TPSA) is 128 Å². The number of rotatable bonds is 6. The van der Waals surface area contributed by atoms with Crippen LogP contribution in [0.5, 0.6) is 0 Å². The molecule has 2 aromatic rings. The molecule has 0 spiro atoms. The molecule has 3 N–H and O–H groups in total. The van der Waals surface area contributed by atoms with E-state index in [4.69, 9.17) is 9.63 Å². The number of hydrogen-bond donors (Lipinski definition) is 3. The summed E-state index contributed by atoms with van der Waals surface area (Å²) in [7, 11) is 0. The lowest BCUT2D eigenvalue weighted by Gasteiger charge is -2.58. The summed E-state index contributed by atoms with van der Waals surface area (Å²) >= 11 is 0. The van der Waals surface area contributed by atoms with E-state index in [0.29, 0.717) is 56.4 Å². The second kappa shape index (κ2) is 8.89. The number of aromatic nitrogens is 3. The zero-order chi connectivity index (χ0) is 25.1. The van der Waals surface area contributed by atoms with E-state index in [2.05, 4.69) is 37.5 Å². The zero-order valence-electron chi connectivity index (χ0n) is 21.0. The number of amides is 1. The van der Waals surface area contributed by atoms with Crippen LogP contribution in [0.25, 0.3) is 17.5 Å². The van der Waals surface area contributed by atoms with Crippen LogP contribution in [0, 0.1) is 17.8 Å². The molecule has 8 rings (SSSR count). The van der Waals surface area contributed by atoms with Crippen LogP contribution in [0.2, 0.25) is 0 Å². The maximum absolute atomic E-state index is 13.1. The quantitative estimate of drug-likeness (QED) is 0.537. The van der Waals surface area contributed by atoms with Crippen molar-refractivity contribution >= 4 is 17.7 Å². The molecule has 1 saturated heterocycles. The van der Waals surface area contributed by atoms with Crippen molar-refractivity contribution in [2.24, 2.45) is 17.8 Å². The molecule has 3 heterocycles. The summed E-state index contributed by atoms with van der Waals surface area (Å²) in [4.78, 5) is 26.2. The lowest BCUT2D eigenvalue weighted by atomic mass is 9.52. The van der Waals surface area contributed by atoms with Crippen molar-refractivity contribution in [2.45, 2.75) is 50.2 Å². The Morgan fingerprint density at radius 2 is 1.95 bits per heavy atom. The monoisotopic (exact) mass is 506 g/mol. The van der Waals surface area contributed by atoms with Crippen LogP contribution in [-0.2, 0) is 6.42 Å². The minimum atomic E-state index is -0.483. The highest BCUT2D eigenvalue weighted by Gasteiger charge is 2.55. The van der Waals surface area contributed by atoms with Crippen LogP contribution in [-0.4, -0.2) is 92.0 Å². The van der Waals surface area contributed by atoms with E-state index >= 15 is 0 Å². The van der Waals surface area contributed by atoms with Crippen molar-refractivity contribution in [2.75, 3.05) is 44.6 Å². The van der Waals surface area contributed by atoms with Gasteiger partial charge in [-0.05, 0) is 49.9 Å². The van der Waals surface area contributed by atoms with Gasteiger partial charge in [-0.1, -0.05) is 17.3 Å². The minimum absolute atomic E-state index is 0.0597. The van der Waals surface area contributed by atoms with Crippen LogP contribution in [0.3, 0.4) is 0 Å². The van der Waals surface area contributed by atoms with Crippen LogP contribution < -0.4 is 5.32 Å². The smallest absolute Gasteiger partial charge is 0.295 e. The number of nitrogens with zero attached hydrogens (tertiary/aromatic N) is 5. The summed E-state index contributed by atoms with van der Waals surface area (Å²) in [6.07, 6.45) is 11.8. The lowest BCUT2D eigenvalue weighted by Crippen LogP contribution is -2.59. The normalized spacial score (nSPS) is 32.2. The van der Waals surface area contributed by atoms with Crippen LogP contribution in [0.1, 0.15) is 54.0 Å². The largest absolute Gasteiger partial charge is 0.395 e. The van der Waals surface area contributed by atoms with Gasteiger partial charge in [-0.3, -0.25) is 14.7 Å². The fourth-order valence-corrected chi connectivity index (χ4v) is 7.78. The number of piperazine rings is 1. The Morgan fingerprint density at radius 3 is 2.68 bits per heavy atom. The van der Waals surface area contributed by atoms with Crippen molar-refractivity contribution in [3.05, 3.63) is 29.4 Å². The predicted octanol–water partition coefficient (Wildman–Crippen LogP) is 1.80. The second-order valence-corrected chi connectivity index (χ2v) is 11.7. The van der Waals surface area contributed by atoms with E-state index in [1.54, 1.807) is 11.1 Å². The molecule has 2 aromatic heterocycles. The minimum Gasteiger partial charge on any atom is -0.395 e. The molecule has 5 fully saturated rings. The molecule has 5 aliphatic carbocycles. The van der Waals surface area contributed by atoms with Gasteiger partial charge < -0.3 is 25.0 Å². The Kier molecular flexibility index (Phi) is 5.60. The van der Waals surface area contributed by atoms with Crippen molar-refractivity contribution in [1.82, 2.24) is 24.9 Å². The molecule has 6 aliphatic rings. The lowest BCUT2D eigenvalue weighted by molar-refractivity contribution is -0.129. The number of fused-ring (bicyclic) bond motifs is 1. The SMILES string of the molecule is O=C(c1noc(-c2cnc3c(c2NC2[C@@H]4CC5C[C@H]2CC(O)(C5)C4)C=CC3)n1)N1CCN(CCO)CC1. The maximum atomic E-state index is 13.1. The number of β-amino-alcohol motifs (C(OH)–C–C–N with tert-alkyl or cyclic N) is 1. The predicted molar refractivity (Wildman–Crippen MR) is 136 cm³/mol. The number of carbonyl (C=O) groups is 1. The Morgan fingerprint density at radius 1 is 1.16 bits per heavy atom. The summed E-state index contributed by atoms with van der Waals surface area (Å²) in [5, 5.41) is 28.1.